The van der Waals surface area contributed by atoms with Crippen LogP contribution in [0.1, 0.15) is 19.8 Å². The van der Waals surface area contributed by atoms with Crippen molar-refractivity contribution in [3.8, 4) is 11.5 Å². The Morgan fingerprint density at radius 1 is 1.46 bits per heavy atom. The smallest absolute Gasteiger partial charge is 0.129 e. The predicted octanol–water partition coefficient (Wildman–Crippen LogP) is 2.58. The highest BCUT2D eigenvalue weighted by molar-refractivity contribution is 6.83. The van der Waals surface area contributed by atoms with E-state index in [9.17, 15) is 5.11 Å². The molecule has 1 nitrogen and oxygen atoms in total. The normalized spacial score (nSPS) is 13.0. The van der Waals surface area contributed by atoms with E-state index in [-0.39, 0.29) is 6.10 Å². The molecule has 0 fully saturated rings. The van der Waals surface area contributed by atoms with Crippen LogP contribution in [-0.4, -0.2) is 19.3 Å². The number of aliphatic hydroxyl groups is 1. The highest BCUT2D eigenvalue weighted by atomic mass is 28.3. The van der Waals surface area contributed by atoms with E-state index in [1.165, 1.54) is 0 Å². The standard InChI is InChI=1S/C11H20OSi/c1-10(2)11(12)8-6-7-9-13(3,4)5/h11-12H,1,6,8H2,2-5H3. The quantitative estimate of drug-likeness (QED) is 0.418. The van der Waals surface area contributed by atoms with Crippen molar-refractivity contribution < 1.29 is 5.11 Å². The number of hydrogen-bond acceptors (Lipinski definition) is 1. The molecule has 0 aromatic heterocycles. The second-order valence-corrected chi connectivity index (χ2v) is 9.20. The first-order valence-electron chi connectivity index (χ1n) is 4.66. The first-order valence-corrected chi connectivity index (χ1v) is 8.16. The summed E-state index contributed by atoms with van der Waals surface area (Å²) in [7, 11) is -1.22. The topological polar surface area (TPSA) is 20.2 Å². The van der Waals surface area contributed by atoms with Gasteiger partial charge in [-0.05, 0) is 13.3 Å². The van der Waals surface area contributed by atoms with Crippen LogP contribution in [0.2, 0.25) is 19.6 Å². The molecule has 2 heteroatoms. The van der Waals surface area contributed by atoms with Crippen molar-refractivity contribution in [1.29, 1.82) is 0 Å². The van der Waals surface area contributed by atoms with Crippen molar-refractivity contribution in [2.75, 3.05) is 0 Å². The van der Waals surface area contributed by atoms with Crippen LogP contribution in [0.5, 0.6) is 0 Å². The molecule has 0 radical (unpaired) electrons. The summed E-state index contributed by atoms with van der Waals surface area (Å²) in [5, 5.41) is 9.40. The van der Waals surface area contributed by atoms with Crippen molar-refractivity contribution in [3.63, 3.8) is 0 Å². The second kappa shape index (κ2) is 5.26. The Labute approximate surface area is 82.9 Å². The first-order chi connectivity index (χ1) is 5.83. The average Bonchev–Trinajstić information content (AvgIpc) is 1.95. The minimum atomic E-state index is -1.22. The van der Waals surface area contributed by atoms with Crippen LogP contribution in [0.3, 0.4) is 0 Å². The van der Waals surface area contributed by atoms with Gasteiger partial charge < -0.3 is 5.11 Å². The van der Waals surface area contributed by atoms with E-state index < -0.39 is 8.07 Å². The zero-order valence-electron chi connectivity index (χ0n) is 9.15. The van der Waals surface area contributed by atoms with Crippen molar-refractivity contribution in [2.24, 2.45) is 0 Å². The molecule has 1 N–H and O–H groups in total. The predicted molar refractivity (Wildman–Crippen MR) is 61.2 cm³/mol. The number of hydrogen-bond donors (Lipinski definition) is 1. The molecular formula is C11H20OSi. The van der Waals surface area contributed by atoms with Gasteiger partial charge in [0.2, 0.25) is 0 Å². The van der Waals surface area contributed by atoms with E-state index in [0.29, 0.717) is 6.42 Å². The minimum Gasteiger partial charge on any atom is -0.389 e. The third-order valence-electron chi connectivity index (χ3n) is 1.58. The lowest BCUT2D eigenvalue weighted by molar-refractivity contribution is 0.203. The molecule has 0 saturated carbocycles. The summed E-state index contributed by atoms with van der Waals surface area (Å²) in [4.78, 5) is 0. The van der Waals surface area contributed by atoms with Gasteiger partial charge in [-0.1, -0.05) is 31.8 Å². The summed E-state index contributed by atoms with van der Waals surface area (Å²) < 4.78 is 0. The summed E-state index contributed by atoms with van der Waals surface area (Å²) in [6.45, 7) is 12.2. The van der Waals surface area contributed by atoms with Gasteiger partial charge in [0, 0.05) is 6.42 Å². The fourth-order valence-corrected chi connectivity index (χ4v) is 1.44. The summed E-state index contributed by atoms with van der Waals surface area (Å²) in [5.41, 5.74) is 4.09. The van der Waals surface area contributed by atoms with Gasteiger partial charge in [-0.2, -0.15) is 0 Å². The molecule has 0 rings (SSSR count). The molecule has 0 bridgehead atoms. The van der Waals surface area contributed by atoms with Gasteiger partial charge in [-0.15, -0.1) is 11.5 Å². The van der Waals surface area contributed by atoms with Crippen LogP contribution in [0, 0.1) is 11.5 Å². The van der Waals surface area contributed by atoms with Gasteiger partial charge in [-0.25, -0.2) is 0 Å². The Hall–Kier alpha value is -0.523. The summed E-state index contributed by atoms with van der Waals surface area (Å²) >= 11 is 0. The van der Waals surface area contributed by atoms with Gasteiger partial charge in [0.1, 0.15) is 8.07 Å². The zero-order valence-corrected chi connectivity index (χ0v) is 10.1. The molecular weight excluding hydrogens is 176 g/mol. The lowest BCUT2D eigenvalue weighted by Gasteiger charge is -2.07. The molecule has 0 saturated heterocycles. The molecule has 0 heterocycles. The molecule has 74 valence electrons. The Morgan fingerprint density at radius 3 is 2.38 bits per heavy atom. The molecule has 0 aromatic rings. The molecule has 13 heavy (non-hydrogen) atoms. The molecule has 0 aliphatic rings. The lowest BCUT2D eigenvalue weighted by Crippen LogP contribution is -2.16. The molecule has 0 aliphatic carbocycles. The first kappa shape index (κ1) is 12.5. The van der Waals surface area contributed by atoms with Crippen molar-refractivity contribution in [3.05, 3.63) is 12.2 Å². The van der Waals surface area contributed by atoms with Gasteiger partial charge in [0.25, 0.3) is 0 Å². The van der Waals surface area contributed by atoms with E-state index in [0.717, 1.165) is 12.0 Å². The van der Waals surface area contributed by atoms with E-state index in [1.54, 1.807) is 0 Å². The monoisotopic (exact) mass is 196 g/mol. The van der Waals surface area contributed by atoms with Crippen molar-refractivity contribution in [2.45, 2.75) is 45.5 Å². The lowest BCUT2D eigenvalue weighted by atomic mass is 10.1. The van der Waals surface area contributed by atoms with Crippen molar-refractivity contribution >= 4 is 8.07 Å². The van der Waals surface area contributed by atoms with E-state index in [2.05, 4.69) is 37.7 Å². The van der Waals surface area contributed by atoms with Gasteiger partial charge >= 0.3 is 0 Å². The van der Waals surface area contributed by atoms with Gasteiger partial charge in [-0.3, -0.25) is 0 Å². The number of rotatable bonds is 3. The third-order valence-corrected chi connectivity index (χ3v) is 2.50. The highest BCUT2D eigenvalue weighted by Crippen LogP contribution is 2.05. The molecule has 1 atom stereocenters. The SMILES string of the molecule is C=C(C)C(O)CCC#C[Si](C)(C)C. The van der Waals surface area contributed by atoms with E-state index in [1.807, 2.05) is 6.92 Å². The fourth-order valence-electron chi connectivity index (χ4n) is 0.783. The molecule has 0 spiro atoms. The fraction of sp³-hybridized carbons (Fsp3) is 0.636. The Balaban J connectivity index is 3.78. The minimum absolute atomic E-state index is 0.379. The maximum atomic E-state index is 9.40. The summed E-state index contributed by atoms with van der Waals surface area (Å²) in [6, 6.07) is 0. The van der Waals surface area contributed by atoms with Crippen LogP contribution in [0.4, 0.5) is 0 Å². The largest absolute Gasteiger partial charge is 0.389 e. The van der Waals surface area contributed by atoms with Crippen LogP contribution in [0.15, 0.2) is 12.2 Å². The molecule has 0 aliphatic heterocycles. The average molecular weight is 196 g/mol. The van der Waals surface area contributed by atoms with Gasteiger partial charge in [0.15, 0.2) is 0 Å². The van der Waals surface area contributed by atoms with Crippen LogP contribution >= 0.6 is 0 Å². The maximum absolute atomic E-state index is 9.40. The van der Waals surface area contributed by atoms with Crippen LogP contribution < -0.4 is 0 Å². The Kier molecular flexibility index (Phi) is 5.05. The second-order valence-electron chi connectivity index (χ2n) is 4.45. The van der Waals surface area contributed by atoms with Crippen LogP contribution in [0.25, 0.3) is 0 Å². The maximum Gasteiger partial charge on any atom is 0.129 e. The van der Waals surface area contributed by atoms with Gasteiger partial charge in [0.05, 0.1) is 6.10 Å². The third kappa shape index (κ3) is 7.83. The molecule has 0 amide bonds. The Morgan fingerprint density at radius 2 is 2.00 bits per heavy atom. The van der Waals surface area contributed by atoms with Crippen LogP contribution in [-0.2, 0) is 0 Å². The zero-order chi connectivity index (χ0) is 10.5. The summed E-state index contributed by atoms with van der Waals surface area (Å²) in [6.07, 6.45) is 1.11. The Bertz CT molecular complexity index is 227. The van der Waals surface area contributed by atoms with E-state index in [4.69, 9.17) is 0 Å². The molecule has 1 unspecified atom stereocenters. The van der Waals surface area contributed by atoms with Crippen molar-refractivity contribution in [1.82, 2.24) is 0 Å². The highest BCUT2D eigenvalue weighted by Gasteiger charge is 2.07. The number of aliphatic hydroxyl groups excluding tert-OH is 1. The summed E-state index contributed by atoms with van der Waals surface area (Å²) in [5.74, 6) is 3.12. The van der Waals surface area contributed by atoms with E-state index >= 15 is 0 Å². The molecule has 0 aromatic carbocycles.